The maximum Gasteiger partial charge on any atom is 0.251 e. The van der Waals surface area contributed by atoms with Crippen LogP contribution in [0, 0.1) is 0 Å². The number of hydrogen-bond acceptors (Lipinski definition) is 12. The summed E-state index contributed by atoms with van der Waals surface area (Å²) in [5.74, 6) is -0.948. The number of unbranched alkanes of at least 4 members (excludes halogenated alkanes) is 9. The van der Waals surface area contributed by atoms with Gasteiger partial charge in [-0.15, -0.1) is 0 Å². The van der Waals surface area contributed by atoms with Gasteiger partial charge in [-0.1, -0.05) is 64.7 Å². The van der Waals surface area contributed by atoms with E-state index in [1.807, 2.05) is 0 Å². The first-order valence-corrected chi connectivity index (χ1v) is 14.3. The van der Waals surface area contributed by atoms with Crippen molar-refractivity contribution < 1.29 is 55.1 Å². The molecule has 1 aliphatic heterocycles. The highest BCUT2D eigenvalue weighted by Crippen LogP contribution is 2.25. The number of ether oxygens (including phenoxy) is 2. The zero-order chi connectivity index (χ0) is 29.2. The first-order valence-electron chi connectivity index (χ1n) is 14.3. The van der Waals surface area contributed by atoms with Crippen molar-refractivity contribution in [3.63, 3.8) is 0 Å². The van der Waals surface area contributed by atoms with Crippen molar-refractivity contribution in [2.24, 2.45) is 0 Å². The van der Waals surface area contributed by atoms with E-state index in [1.54, 1.807) is 0 Å². The zero-order valence-corrected chi connectivity index (χ0v) is 23.1. The molecule has 0 aromatic heterocycles. The minimum absolute atomic E-state index is 0.168. The van der Waals surface area contributed by atoms with Crippen LogP contribution in [-0.2, 0) is 14.3 Å². The van der Waals surface area contributed by atoms with E-state index in [4.69, 9.17) is 9.47 Å². The average molecular weight is 569 g/mol. The zero-order valence-electron chi connectivity index (χ0n) is 23.1. The minimum atomic E-state index is -2.07. The fourth-order valence-corrected chi connectivity index (χ4v) is 4.41. The van der Waals surface area contributed by atoms with E-state index in [0.717, 1.165) is 19.4 Å². The SMILES string of the molecule is CCCCCCCCCCCCNCCNC(=O)[C@H](O)[C@@H](O)[C@H](O[C@@H]1O[C@H](CO)[C@H](O)[C@H](O)[C@H]1O)[C@H](O)CO. The number of aliphatic hydroxyl groups is 8. The Labute approximate surface area is 231 Å². The monoisotopic (exact) mass is 568 g/mol. The topological polar surface area (TPSA) is 221 Å². The molecule has 1 aliphatic rings. The number of nitrogens with one attached hydrogen (secondary N) is 2. The molecule has 1 heterocycles. The molecule has 0 unspecified atom stereocenters. The number of carbonyl (C=O) groups is 1. The Bertz CT molecular complexity index is 631. The van der Waals surface area contributed by atoms with Gasteiger partial charge < -0.3 is 61.0 Å². The van der Waals surface area contributed by atoms with Crippen LogP contribution < -0.4 is 10.6 Å². The smallest absolute Gasteiger partial charge is 0.251 e. The standard InChI is InChI=1S/C26H52N2O11/c1-2-3-4-5-6-7-8-9-10-11-12-27-13-14-28-25(37)22(35)21(34)24(17(31)15-29)39-26-23(36)20(33)19(32)18(16-30)38-26/h17-24,26-27,29-36H,2-16H2,1H3,(H,28,37)/t17-,18-,19+,20+,21-,22-,23-,24-,26+/m1/s1. The van der Waals surface area contributed by atoms with Gasteiger partial charge in [0.1, 0.15) is 42.7 Å². The molecule has 1 amide bonds. The van der Waals surface area contributed by atoms with Gasteiger partial charge in [-0.25, -0.2) is 0 Å². The highest BCUT2D eigenvalue weighted by atomic mass is 16.7. The van der Waals surface area contributed by atoms with Crippen LogP contribution in [0.1, 0.15) is 71.1 Å². The van der Waals surface area contributed by atoms with Crippen LogP contribution >= 0.6 is 0 Å². The van der Waals surface area contributed by atoms with Crippen LogP contribution in [0.15, 0.2) is 0 Å². The third-order valence-corrected chi connectivity index (χ3v) is 6.94. The first kappa shape index (κ1) is 36.1. The lowest BCUT2D eigenvalue weighted by atomic mass is 9.98. The lowest BCUT2D eigenvalue weighted by Crippen LogP contribution is -2.62. The number of carbonyl (C=O) groups excluding carboxylic acids is 1. The molecule has 0 aromatic rings. The second kappa shape index (κ2) is 20.8. The van der Waals surface area contributed by atoms with Crippen LogP contribution in [0.4, 0.5) is 0 Å². The van der Waals surface area contributed by atoms with Gasteiger partial charge >= 0.3 is 0 Å². The van der Waals surface area contributed by atoms with E-state index >= 15 is 0 Å². The normalized spacial score (nSPS) is 26.6. The molecular formula is C26H52N2O11. The van der Waals surface area contributed by atoms with Crippen molar-refractivity contribution >= 4 is 5.91 Å². The molecule has 0 aliphatic carbocycles. The summed E-state index contributed by atoms with van der Waals surface area (Å²) in [5, 5.41) is 85.1. The van der Waals surface area contributed by atoms with Gasteiger partial charge in [-0.3, -0.25) is 4.79 Å². The van der Waals surface area contributed by atoms with E-state index in [1.165, 1.54) is 51.4 Å². The fourth-order valence-electron chi connectivity index (χ4n) is 4.41. The van der Waals surface area contributed by atoms with Crippen molar-refractivity contribution in [3.8, 4) is 0 Å². The Morgan fingerprint density at radius 3 is 1.97 bits per heavy atom. The minimum Gasteiger partial charge on any atom is -0.394 e. The van der Waals surface area contributed by atoms with E-state index in [9.17, 15) is 45.6 Å². The first-order chi connectivity index (χ1) is 18.7. The summed E-state index contributed by atoms with van der Waals surface area (Å²) in [5.41, 5.74) is 0. The summed E-state index contributed by atoms with van der Waals surface area (Å²) in [6, 6.07) is 0. The molecule has 9 atom stereocenters. The molecule has 232 valence electrons. The fraction of sp³-hybridized carbons (Fsp3) is 0.962. The van der Waals surface area contributed by atoms with E-state index < -0.39 is 74.2 Å². The Kier molecular flexibility index (Phi) is 19.3. The quantitative estimate of drug-likeness (QED) is 0.0633. The molecule has 1 saturated heterocycles. The third kappa shape index (κ3) is 13.0. The highest BCUT2D eigenvalue weighted by Gasteiger charge is 2.47. The van der Waals surface area contributed by atoms with Crippen LogP contribution in [0.5, 0.6) is 0 Å². The molecule has 13 nitrogen and oxygen atoms in total. The maximum atomic E-state index is 12.3. The Hall–Kier alpha value is -0.970. The molecule has 39 heavy (non-hydrogen) atoms. The van der Waals surface area contributed by atoms with Crippen LogP contribution in [0.2, 0.25) is 0 Å². The molecule has 1 rings (SSSR count). The van der Waals surface area contributed by atoms with Crippen LogP contribution in [0.3, 0.4) is 0 Å². The van der Waals surface area contributed by atoms with Crippen LogP contribution in [0.25, 0.3) is 0 Å². The maximum absolute atomic E-state index is 12.3. The predicted octanol–water partition coefficient (Wildman–Crippen LogP) is -2.13. The lowest BCUT2D eigenvalue weighted by Gasteiger charge is -2.42. The summed E-state index contributed by atoms with van der Waals surface area (Å²) in [6.45, 7) is 1.94. The number of rotatable bonds is 22. The Morgan fingerprint density at radius 2 is 1.41 bits per heavy atom. The molecule has 0 radical (unpaired) electrons. The second-order valence-corrected chi connectivity index (χ2v) is 10.2. The van der Waals surface area contributed by atoms with Crippen molar-refractivity contribution in [1.82, 2.24) is 10.6 Å². The largest absolute Gasteiger partial charge is 0.394 e. The molecule has 13 heteroatoms. The van der Waals surface area contributed by atoms with Crippen molar-refractivity contribution in [2.75, 3.05) is 32.8 Å². The van der Waals surface area contributed by atoms with Gasteiger partial charge in [0.15, 0.2) is 12.4 Å². The molecule has 0 aromatic carbocycles. The van der Waals surface area contributed by atoms with Gasteiger partial charge in [0.25, 0.3) is 5.91 Å². The van der Waals surface area contributed by atoms with E-state index in [2.05, 4.69) is 17.6 Å². The van der Waals surface area contributed by atoms with E-state index in [0.29, 0.717) is 6.54 Å². The summed E-state index contributed by atoms with van der Waals surface area (Å²) < 4.78 is 10.5. The van der Waals surface area contributed by atoms with Crippen molar-refractivity contribution in [2.45, 2.75) is 126 Å². The van der Waals surface area contributed by atoms with Crippen molar-refractivity contribution in [1.29, 1.82) is 0 Å². The number of aliphatic hydroxyl groups excluding tert-OH is 8. The van der Waals surface area contributed by atoms with Gasteiger partial charge in [0.2, 0.25) is 0 Å². The Morgan fingerprint density at radius 1 is 0.821 bits per heavy atom. The van der Waals surface area contributed by atoms with Gasteiger partial charge in [0.05, 0.1) is 13.2 Å². The van der Waals surface area contributed by atoms with E-state index in [-0.39, 0.29) is 6.54 Å². The summed E-state index contributed by atoms with van der Waals surface area (Å²) >= 11 is 0. The van der Waals surface area contributed by atoms with Gasteiger partial charge in [-0.2, -0.15) is 0 Å². The molecule has 0 saturated carbocycles. The lowest BCUT2D eigenvalue weighted by molar-refractivity contribution is -0.326. The van der Waals surface area contributed by atoms with Gasteiger partial charge in [0, 0.05) is 13.1 Å². The third-order valence-electron chi connectivity index (χ3n) is 6.94. The Balaban J connectivity index is 2.36. The molecule has 0 spiro atoms. The molecular weight excluding hydrogens is 516 g/mol. The summed E-state index contributed by atoms with van der Waals surface area (Å²) in [6.07, 6.45) is -3.74. The molecule has 0 bridgehead atoms. The predicted molar refractivity (Wildman–Crippen MR) is 141 cm³/mol. The summed E-state index contributed by atoms with van der Waals surface area (Å²) in [7, 11) is 0. The molecule has 10 N–H and O–H groups in total. The van der Waals surface area contributed by atoms with Gasteiger partial charge in [-0.05, 0) is 13.0 Å². The number of amides is 1. The average Bonchev–Trinajstić information content (AvgIpc) is 2.94. The molecule has 1 fully saturated rings. The van der Waals surface area contributed by atoms with Crippen molar-refractivity contribution in [3.05, 3.63) is 0 Å². The summed E-state index contributed by atoms with van der Waals surface area (Å²) in [4.78, 5) is 12.3. The number of hydrogen-bond donors (Lipinski definition) is 10. The highest BCUT2D eigenvalue weighted by molar-refractivity contribution is 5.81. The second-order valence-electron chi connectivity index (χ2n) is 10.2. The van der Waals surface area contributed by atoms with Crippen LogP contribution in [-0.4, -0.2) is 135 Å².